The van der Waals surface area contributed by atoms with Crippen LogP contribution in [0.15, 0.2) is 48.7 Å². The van der Waals surface area contributed by atoms with Gasteiger partial charge in [0.25, 0.3) is 0 Å². The standard InChI is InChI=1S/C25H30N2O3/c1-25(2,3)30-24(29)27-20-7-6-8-21(27)16-19(15-20)23(28)18-12-10-17(11-13-18)22-9-4-5-14-26-22/h4-5,9-14,19-21H,6-8,15-16H2,1-3H3. The topological polar surface area (TPSA) is 59.5 Å². The molecule has 2 saturated heterocycles. The minimum Gasteiger partial charge on any atom is -0.444 e. The molecular formula is C25H30N2O3. The van der Waals surface area contributed by atoms with Gasteiger partial charge in [0, 0.05) is 35.3 Å². The number of piperidine rings is 2. The van der Waals surface area contributed by atoms with E-state index in [4.69, 9.17) is 4.74 Å². The van der Waals surface area contributed by atoms with E-state index in [-0.39, 0.29) is 29.9 Å². The van der Waals surface area contributed by atoms with Crippen molar-refractivity contribution in [2.45, 2.75) is 70.6 Å². The van der Waals surface area contributed by atoms with E-state index in [0.717, 1.165) is 48.9 Å². The predicted octanol–water partition coefficient (Wildman–Crippen LogP) is 5.50. The van der Waals surface area contributed by atoms with Gasteiger partial charge in [0.1, 0.15) is 5.60 Å². The van der Waals surface area contributed by atoms with E-state index in [1.165, 1.54) is 0 Å². The van der Waals surface area contributed by atoms with E-state index in [9.17, 15) is 9.59 Å². The van der Waals surface area contributed by atoms with E-state index in [0.29, 0.717) is 0 Å². The van der Waals surface area contributed by atoms with Crippen LogP contribution in [0.25, 0.3) is 11.3 Å². The van der Waals surface area contributed by atoms with Gasteiger partial charge in [-0.15, -0.1) is 0 Å². The molecule has 0 N–H and O–H groups in total. The van der Waals surface area contributed by atoms with Crippen molar-refractivity contribution >= 4 is 11.9 Å². The van der Waals surface area contributed by atoms with Crippen LogP contribution in [0.1, 0.15) is 63.2 Å². The molecule has 2 aliphatic rings. The molecule has 1 amide bonds. The molecular weight excluding hydrogens is 376 g/mol. The Kier molecular flexibility index (Phi) is 5.63. The third-order valence-electron chi connectivity index (χ3n) is 6.08. The molecule has 5 heteroatoms. The molecule has 5 nitrogen and oxygen atoms in total. The maximum Gasteiger partial charge on any atom is 0.410 e. The lowest BCUT2D eigenvalue weighted by atomic mass is 9.76. The van der Waals surface area contributed by atoms with Gasteiger partial charge < -0.3 is 9.64 Å². The summed E-state index contributed by atoms with van der Waals surface area (Å²) in [5.41, 5.74) is 2.14. The number of hydrogen-bond acceptors (Lipinski definition) is 4. The number of fused-ring (bicyclic) bond motifs is 2. The van der Waals surface area contributed by atoms with E-state index < -0.39 is 5.60 Å². The Labute approximate surface area is 178 Å². The van der Waals surface area contributed by atoms with E-state index >= 15 is 0 Å². The lowest BCUT2D eigenvalue weighted by Gasteiger charge is -2.48. The Morgan fingerprint density at radius 3 is 2.23 bits per heavy atom. The van der Waals surface area contributed by atoms with Crippen LogP contribution >= 0.6 is 0 Å². The fourth-order valence-electron chi connectivity index (χ4n) is 4.78. The molecule has 0 spiro atoms. The SMILES string of the molecule is CC(C)(C)OC(=O)N1C2CCCC1CC(C(=O)c1ccc(-c3ccccn3)cc1)C2. The van der Waals surface area contributed by atoms with E-state index in [1.54, 1.807) is 6.20 Å². The fourth-order valence-corrected chi connectivity index (χ4v) is 4.78. The maximum atomic E-state index is 13.2. The van der Waals surface area contributed by atoms with Gasteiger partial charge in [0.05, 0.1) is 5.69 Å². The monoisotopic (exact) mass is 406 g/mol. The summed E-state index contributed by atoms with van der Waals surface area (Å²) in [6, 6.07) is 13.7. The predicted molar refractivity (Wildman–Crippen MR) is 116 cm³/mol. The number of nitrogens with zero attached hydrogens (tertiary/aromatic N) is 2. The summed E-state index contributed by atoms with van der Waals surface area (Å²) < 4.78 is 5.65. The zero-order chi connectivity index (χ0) is 21.3. The minimum absolute atomic E-state index is 0.0420. The third-order valence-corrected chi connectivity index (χ3v) is 6.08. The Balaban J connectivity index is 1.47. The molecule has 0 saturated carbocycles. The molecule has 0 radical (unpaired) electrons. The summed E-state index contributed by atoms with van der Waals surface area (Å²) in [6.45, 7) is 5.68. The van der Waals surface area contributed by atoms with Gasteiger partial charge in [-0.3, -0.25) is 9.78 Å². The van der Waals surface area contributed by atoms with Crippen LogP contribution in [-0.4, -0.2) is 39.4 Å². The Morgan fingerprint density at radius 2 is 1.67 bits per heavy atom. The third kappa shape index (κ3) is 4.40. The molecule has 2 atom stereocenters. The Bertz CT molecular complexity index is 888. The van der Waals surface area contributed by atoms with Crippen molar-refractivity contribution < 1.29 is 14.3 Å². The first-order chi connectivity index (χ1) is 14.3. The Morgan fingerprint density at radius 1 is 1.00 bits per heavy atom. The summed E-state index contributed by atoms with van der Waals surface area (Å²) in [4.78, 5) is 32.3. The second-order valence-corrected chi connectivity index (χ2v) is 9.45. The van der Waals surface area contributed by atoms with Gasteiger partial charge in [-0.05, 0) is 65.0 Å². The summed E-state index contributed by atoms with van der Waals surface area (Å²) in [5, 5.41) is 0. The number of Topliss-reactive ketones (excluding diaryl/α,β-unsaturated/α-hetero) is 1. The van der Waals surface area contributed by atoms with E-state index in [1.807, 2.05) is 68.1 Å². The summed E-state index contributed by atoms with van der Waals surface area (Å²) in [7, 11) is 0. The highest BCUT2D eigenvalue weighted by atomic mass is 16.6. The molecule has 158 valence electrons. The van der Waals surface area contributed by atoms with Crippen molar-refractivity contribution in [3.8, 4) is 11.3 Å². The molecule has 0 aliphatic carbocycles. The van der Waals surface area contributed by atoms with Crippen molar-refractivity contribution in [3.05, 3.63) is 54.2 Å². The second kappa shape index (κ2) is 8.21. The zero-order valence-corrected chi connectivity index (χ0v) is 18.0. The zero-order valence-electron chi connectivity index (χ0n) is 18.0. The fraction of sp³-hybridized carbons (Fsp3) is 0.480. The number of hydrogen-bond donors (Lipinski definition) is 0. The number of ketones is 1. The highest BCUT2D eigenvalue weighted by Gasteiger charge is 2.44. The van der Waals surface area contributed by atoms with Crippen molar-refractivity contribution in [1.82, 2.24) is 9.88 Å². The highest BCUT2D eigenvalue weighted by molar-refractivity contribution is 5.98. The number of carbonyl (C=O) groups excluding carboxylic acids is 2. The van der Waals surface area contributed by atoms with E-state index in [2.05, 4.69) is 4.98 Å². The maximum absolute atomic E-state index is 13.2. The number of pyridine rings is 1. The van der Waals surface area contributed by atoms with Crippen LogP contribution in [0.5, 0.6) is 0 Å². The quantitative estimate of drug-likeness (QED) is 0.632. The number of rotatable bonds is 3. The van der Waals surface area contributed by atoms with Crippen molar-refractivity contribution in [2.24, 2.45) is 5.92 Å². The van der Waals surface area contributed by atoms with Crippen molar-refractivity contribution in [2.75, 3.05) is 0 Å². The number of aromatic nitrogens is 1. The first-order valence-electron chi connectivity index (χ1n) is 10.9. The highest BCUT2D eigenvalue weighted by Crippen LogP contribution is 2.39. The smallest absolute Gasteiger partial charge is 0.410 e. The molecule has 2 aliphatic heterocycles. The van der Waals surface area contributed by atoms with Crippen LogP contribution in [0, 0.1) is 5.92 Å². The van der Waals surface area contributed by atoms with Crippen molar-refractivity contribution in [3.63, 3.8) is 0 Å². The lowest BCUT2D eigenvalue weighted by molar-refractivity contribution is -0.0260. The van der Waals surface area contributed by atoms with Crippen LogP contribution in [-0.2, 0) is 4.74 Å². The van der Waals surface area contributed by atoms with Crippen LogP contribution in [0.4, 0.5) is 4.79 Å². The molecule has 2 bridgehead atoms. The van der Waals surface area contributed by atoms with Crippen LogP contribution < -0.4 is 0 Å². The molecule has 2 aromatic rings. The number of ether oxygens (including phenoxy) is 1. The molecule has 30 heavy (non-hydrogen) atoms. The number of carbonyl (C=O) groups is 2. The molecule has 1 aromatic heterocycles. The number of benzene rings is 1. The molecule has 2 unspecified atom stereocenters. The summed E-state index contributed by atoms with van der Waals surface area (Å²) in [5.74, 6) is 0.142. The summed E-state index contributed by atoms with van der Waals surface area (Å²) in [6.07, 6.45) is 5.96. The van der Waals surface area contributed by atoms with Gasteiger partial charge in [0.2, 0.25) is 0 Å². The summed E-state index contributed by atoms with van der Waals surface area (Å²) >= 11 is 0. The van der Waals surface area contributed by atoms with Crippen LogP contribution in [0.3, 0.4) is 0 Å². The first kappa shape index (κ1) is 20.6. The second-order valence-electron chi connectivity index (χ2n) is 9.45. The molecule has 1 aromatic carbocycles. The van der Waals surface area contributed by atoms with Gasteiger partial charge in [-0.2, -0.15) is 0 Å². The minimum atomic E-state index is -0.507. The average Bonchev–Trinajstić information content (AvgIpc) is 2.72. The molecule has 2 fully saturated rings. The Hall–Kier alpha value is -2.69. The van der Waals surface area contributed by atoms with Crippen molar-refractivity contribution in [1.29, 1.82) is 0 Å². The largest absolute Gasteiger partial charge is 0.444 e. The van der Waals surface area contributed by atoms with Gasteiger partial charge in [0.15, 0.2) is 5.78 Å². The molecule has 4 rings (SSSR count). The normalized spacial score (nSPS) is 23.7. The molecule has 3 heterocycles. The van der Waals surface area contributed by atoms with Gasteiger partial charge >= 0.3 is 6.09 Å². The first-order valence-corrected chi connectivity index (χ1v) is 10.9. The average molecular weight is 407 g/mol. The lowest BCUT2D eigenvalue weighted by Crippen LogP contribution is -2.56. The van der Waals surface area contributed by atoms with Gasteiger partial charge in [-0.25, -0.2) is 4.79 Å². The number of amides is 1. The van der Waals surface area contributed by atoms with Gasteiger partial charge in [-0.1, -0.05) is 30.3 Å². The van der Waals surface area contributed by atoms with Crippen LogP contribution in [0.2, 0.25) is 0 Å².